The monoisotopic (exact) mass is 438 g/mol. The SMILES string of the molecule is CCNC(=NCc1ccsc1)NCCCCN(C)C(C)C.I. The van der Waals surface area contributed by atoms with Gasteiger partial charge in [-0.1, -0.05) is 0 Å². The van der Waals surface area contributed by atoms with Gasteiger partial charge in [0.1, 0.15) is 0 Å². The number of rotatable bonds is 9. The lowest BCUT2D eigenvalue weighted by molar-refractivity contribution is 0.268. The highest BCUT2D eigenvalue weighted by Crippen LogP contribution is 2.06. The Morgan fingerprint density at radius 1 is 1.32 bits per heavy atom. The number of nitrogens with one attached hydrogen (secondary N) is 2. The first-order chi connectivity index (χ1) is 10.1. The summed E-state index contributed by atoms with van der Waals surface area (Å²) in [6.45, 7) is 10.3. The third-order valence-corrected chi connectivity index (χ3v) is 4.19. The van der Waals surface area contributed by atoms with Crippen LogP contribution in [0.15, 0.2) is 21.8 Å². The number of thiophene rings is 1. The summed E-state index contributed by atoms with van der Waals surface area (Å²) in [6, 6.07) is 2.75. The molecule has 0 aliphatic rings. The van der Waals surface area contributed by atoms with E-state index in [2.05, 4.69) is 65.2 Å². The van der Waals surface area contributed by atoms with Crippen LogP contribution in [-0.4, -0.2) is 43.6 Å². The molecule has 128 valence electrons. The molecular weight excluding hydrogens is 407 g/mol. The third-order valence-electron chi connectivity index (χ3n) is 3.46. The molecule has 0 saturated heterocycles. The molecule has 1 aromatic rings. The van der Waals surface area contributed by atoms with E-state index in [-0.39, 0.29) is 24.0 Å². The molecule has 0 spiro atoms. The van der Waals surface area contributed by atoms with E-state index in [1.165, 1.54) is 18.4 Å². The van der Waals surface area contributed by atoms with Gasteiger partial charge >= 0.3 is 0 Å². The molecule has 0 unspecified atom stereocenters. The minimum Gasteiger partial charge on any atom is -0.357 e. The molecule has 1 rings (SSSR count). The lowest BCUT2D eigenvalue weighted by Crippen LogP contribution is -2.38. The molecule has 0 atom stereocenters. The Kier molecular flexibility index (Phi) is 12.9. The fourth-order valence-electron chi connectivity index (χ4n) is 1.85. The Bertz CT molecular complexity index is 393. The summed E-state index contributed by atoms with van der Waals surface area (Å²) in [5.74, 6) is 0.918. The van der Waals surface area contributed by atoms with Crippen LogP contribution in [0.3, 0.4) is 0 Å². The average Bonchev–Trinajstić information content (AvgIpc) is 2.97. The summed E-state index contributed by atoms with van der Waals surface area (Å²) in [5.41, 5.74) is 1.27. The average molecular weight is 438 g/mol. The van der Waals surface area contributed by atoms with E-state index in [0.29, 0.717) is 6.04 Å². The topological polar surface area (TPSA) is 39.7 Å². The van der Waals surface area contributed by atoms with Gasteiger partial charge in [-0.2, -0.15) is 11.3 Å². The normalized spacial score (nSPS) is 11.6. The van der Waals surface area contributed by atoms with Crippen LogP contribution in [-0.2, 0) is 6.54 Å². The number of guanidine groups is 1. The summed E-state index contributed by atoms with van der Waals surface area (Å²) in [5, 5.41) is 10.9. The van der Waals surface area contributed by atoms with E-state index in [1.54, 1.807) is 11.3 Å². The molecule has 0 aliphatic heterocycles. The van der Waals surface area contributed by atoms with Gasteiger partial charge in [-0.15, -0.1) is 24.0 Å². The van der Waals surface area contributed by atoms with Crippen LogP contribution >= 0.6 is 35.3 Å². The predicted octanol–water partition coefficient (Wildman–Crippen LogP) is 3.54. The standard InChI is InChI=1S/C16H30N4S.HI/c1-5-17-16(19-12-15-8-11-21-13-15)18-9-6-7-10-20(4)14(2)3;/h8,11,13-14H,5-7,9-10,12H2,1-4H3,(H2,17,18,19);1H. The molecule has 0 fully saturated rings. The summed E-state index contributed by atoms with van der Waals surface area (Å²) < 4.78 is 0. The van der Waals surface area contributed by atoms with E-state index in [0.717, 1.165) is 32.1 Å². The zero-order chi connectivity index (χ0) is 15.5. The van der Waals surface area contributed by atoms with E-state index < -0.39 is 0 Å². The van der Waals surface area contributed by atoms with E-state index in [9.17, 15) is 0 Å². The smallest absolute Gasteiger partial charge is 0.191 e. The van der Waals surface area contributed by atoms with Crippen LogP contribution in [0.4, 0.5) is 0 Å². The highest BCUT2D eigenvalue weighted by atomic mass is 127. The van der Waals surface area contributed by atoms with Gasteiger partial charge in [0.15, 0.2) is 5.96 Å². The van der Waals surface area contributed by atoms with Crippen molar-refractivity contribution in [3.63, 3.8) is 0 Å². The van der Waals surface area contributed by atoms with Crippen molar-refractivity contribution >= 4 is 41.3 Å². The molecule has 0 saturated carbocycles. The van der Waals surface area contributed by atoms with Crippen molar-refractivity contribution in [2.24, 2.45) is 4.99 Å². The van der Waals surface area contributed by atoms with E-state index >= 15 is 0 Å². The first kappa shape index (κ1) is 21.7. The highest BCUT2D eigenvalue weighted by molar-refractivity contribution is 14.0. The summed E-state index contributed by atoms with van der Waals surface area (Å²) in [7, 11) is 2.18. The lowest BCUT2D eigenvalue weighted by Gasteiger charge is -2.20. The van der Waals surface area contributed by atoms with Crippen LogP contribution in [0.1, 0.15) is 39.2 Å². The second-order valence-corrected chi connectivity index (χ2v) is 6.32. The van der Waals surface area contributed by atoms with Crippen LogP contribution in [0.5, 0.6) is 0 Å². The third kappa shape index (κ3) is 9.63. The number of hydrogen-bond donors (Lipinski definition) is 2. The maximum Gasteiger partial charge on any atom is 0.191 e. The molecule has 0 amide bonds. The van der Waals surface area contributed by atoms with Crippen LogP contribution in [0.2, 0.25) is 0 Å². The van der Waals surface area contributed by atoms with Crippen LogP contribution in [0, 0.1) is 0 Å². The van der Waals surface area contributed by atoms with Crippen molar-refractivity contribution in [3.05, 3.63) is 22.4 Å². The van der Waals surface area contributed by atoms with Gasteiger partial charge < -0.3 is 15.5 Å². The zero-order valence-corrected chi connectivity index (χ0v) is 17.4. The summed E-state index contributed by atoms with van der Waals surface area (Å²) >= 11 is 1.72. The van der Waals surface area contributed by atoms with Gasteiger partial charge in [0.2, 0.25) is 0 Å². The Hall–Kier alpha value is -0.340. The Morgan fingerprint density at radius 2 is 2.09 bits per heavy atom. The largest absolute Gasteiger partial charge is 0.357 e. The quantitative estimate of drug-likeness (QED) is 0.268. The number of aliphatic imine (C=N–C) groups is 1. The van der Waals surface area contributed by atoms with Crippen molar-refractivity contribution in [1.82, 2.24) is 15.5 Å². The van der Waals surface area contributed by atoms with Crippen molar-refractivity contribution in [3.8, 4) is 0 Å². The van der Waals surface area contributed by atoms with Crippen LogP contribution in [0.25, 0.3) is 0 Å². The second kappa shape index (κ2) is 13.1. The lowest BCUT2D eigenvalue weighted by atomic mass is 10.2. The van der Waals surface area contributed by atoms with Crippen molar-refractivity contribution in [2.45, 2.75) is 46.2 Å². The Morgan fingerprint density at radius 3 is 2.68 bits per heavy atom. The molecule has 1 aromatic heterocycles. The van der Waals surface area contributed by atoms with E-state index in [4.69, 9.17) is 0 Å². The molecular formula is C16H31IN4S. The minimum atomic E-state index is 0. The van der Waals surface area contributed by atoms with Crippen molar-refractivity contribution in [2.75, 3.05) is 26.7 Å². The molecule has 0 aromatic carbocycles. The fourth-order valence-corrected chi connectivity index (χ4v) is 2.51. The molecule has 2 N–H and O–H groups in total. The maximum absolute atomic E-state index is 4.61. The van der Waals surface area contributed by atoms with Gasteiger partial charge in [0.25, 0.3) is 0 Å². The summed E-state index contributed by atoms with van der Waals surface area (Å²) in [6.07, 6.45) is 2.38. The number of halogens is 1. The van der Waals surface area contributed by atoms with Gasteiger partial charge in [0.05, 0.1) is 6.54 Å². The molecule has 0 bridgehead atoms. The predicted molar refractivity (Wildman–Crippen MR) is 110 cm³/mol. The molecule has 0 aliphatic carbocycles. The number of unbranched alkanes of at least 4 members (excludes halogenated alkanes) is 1. The summed E-state index contributed by atoms with van der Waals surface area (Å²) in [4.78, 5) is 6.99. The first-order valence-corrected chi connectivity index (χ1v) is 8.81. The first-order valence-electron chi connectivity index (χ1n) is 7.87. The molecule has 0 radical (unpaired) electrons. The molecule has 1 heterocycles. The van der Waals surface area contributed by atoms with Crippen molar-refractivity contribution in [1.29, 1.82) is 0 Å². The van der Waals surface area contributed by atoms with Gasteiger partial charge in [-0.25, -0.2) is 4.99 Å². The highest BCUT2D eigenvalue weighted by Gasteiger charge is 2.02. The van der Waals surface area contributed by atoms with Gasteiger partial charge in [-0.3, -0.25) is 0 Å². The molecule has 4 nitrogen and oxygen atoms in total. The molecule has 6 heteroatoms. The number of nitrogens with zero attached hydrogens (tertiary/aromatic N) is 2. The van der Waals surface area contributed by atoms with Crippen molar-refractivity contribution < 1.29 is 0 Å². The molecule has 22 heavy (non-hydrogen) atoms. The minimum absolute atomic E-state index is 0. The maximum atomic E-state index is 4.61. The zero-order valence-electron chi connectivity index (χ0n) is 14.3. The Balaban J connectivity index is 0.00000441. The van der Waals surface area contributed by atoms with E-state index in [1.807, 2.05) is 0 Å². The number of hydrogen-bond acceptors (Lipinski definition) is 3. The second-order valence-electron chi connectivity index (χ2n) is 5.54. The van der Waals surface area contributed by atoms with Gasteiger partial charge in [0, 0.05) is 19.1 Å². The fraction of sp³-hybridized carbons (Fsp3) is 0.688. The van der Waals surface area contributed by atoms with Crippen LogP contribution < -0.4 is 10.6 Å². The van der Waals surface area contributed by atoms with Gasteiger partial charge in [-0.05, 0) is 69.6 Å². The Labute approximate surface area is 156 Å².